The molecule has 0 N–H and O–H groups in total. The van der Waals surface area contributed by atoms with Crippen molar-refractivity contribution < 1.29 is 77.2 Å². The summed E-state index contributed by atoms with van der Waals surface area (Å²) in [5, 5.41) is 0. The predicted octanol–water partition coefficient (Wildman–Crippen LogP) is 4.72. The van der Waals surface area contributed by atoms with Crippen LogP contribution in [0.3, 0.4) is 0 Å². The van der Waals surface area contributed by atoms with Gasteiger partial charge < -0.3 is 48.0 Å². The van der Waals surface area contributed by atoms with Crippen LogP contribution in [0.25, 0.3) is 0 Å². The van der Waals surface area contributed by atoms with Crippen LogP contribution in [0, 0.1) is 23.2 Å². The summed E-state index contributed by atoms with van der Waals surface area (Å²) >= 11 is 0. The summed E-state index contributed by atoms with van der Waals surface area (Å²) in [6.45, 7) is 0. The van der Waals surface area contributed by atoms with Gasteiger partial charge in [-0.15, -0.1) is 31.5 Å². The second kappa shape index (κ2) is 32.6. The maximum Gasteiger partial charge on any atom is 2.00 e. The molecular weight excluding hydrogens is 721 g/mol. The normalized spacial score (nSPS) is 10.7. The first-order chi connectivity index (χ1) is 10.0. The Kier molecular flexibility index (Phi) is 49.2. The second-order valence-electron chi connectivity index (χ2n) is 2.41. The fourth-order valence-electron chi connectivity index (χ4n) is 0.577. The van der Waals surface area contributed by atoms with E-state index in [4.69, 9.17) is 0 Å². The van der Waals surface area contributed by atoms with Crippen molar-refractivity contribution in [3.05, 3.63) is 46.4 Å². The van der Waals surface area contributed by atoms with Gasteiger partial charge >= 0.3 is 52.4 Å². The molecule has 4 heterocycles. The summed E-state index contributed by atoms with van der Waals surface area (Å²) < 4.78 is 0. The summed E-state index contributed by atoms with van der Waals surface area (Å²) in [7, 11) is 15.7. The van der Waals surface area contributed by atoms with Crippen molar-refractivity contribution in [1.29, 1.82) is 0 Å². The summed E-state index contributed by atoms with van der Waals surface area (Å²) in [4.78, 5) is 0. The Morgan fingerprint density at radius 3 is 0.708 bits per heavy atom. The molecule has 0 aliphatic carbocycles. The summed E-state index contributed by atoms with van der Waals surface area (Å²) in [5.74, 6) is 20.7. The molecule has 0 fully saturated rings. The number of halogens is 2. The Labute approximate surface area is 213 Å². The molecule has 4 aromatic rings. The van der Waals surface area contributed by atoms with Crippen molar-refractivity contribution in [2.75, 3.05) is 0 Å². The van der Waals surface area contributed by atoms with E-state index >= 15 is 0 Å². The third-order valence-corrected chi connectivity index (χ3v) is 18.4. The van der Waals surface area contributed by atoms with Crippen LogP contribution in [-0.4, -0.2) is 0 Å². The monoisotopic (exact) mass is 725 g/mol. The molecule has 0 amide bonds. The van der Waals surface area contributed by atoms with Gasteiger partial charge in [-0.2, -0.15) is 0 Å². The van der Waals surface area contributed by atoms with Crippen LogP contribution >= 0.6 is 93.1 Å². The minimum atomic E-state index is 0. The van der Waals surface area contributed by atoms with E-state index in [1.807, 2.05) is 0 Å². The van der Waals surface area contributed by atoms with Crippen molar-refractivity contribution in [2.24, 2.45) is 0 Å². The molecule has 0 saturated carbocycles. The first-order valence-electron chi connectivity index (χ1n) is 4.90. The molecule has 0 saturated heterocycles. The summed E-state index contributed by atoms with van der Waals surface area (Å²) in [6.07, 6.45) is 0. The molecule has 4 unspecified atom stereocenters. The zero-order valence-corrected chi connectivity index (χ0v) is 29.2. The molecule has 4 atom stereocenters. The van der Waals surface area contributed by atoms with Crippen molar-refractivity contribution in [3.63, 3.8) is 0 Å². The first kappa shape index (κ1) is 36.3. The van der Waals surface area contributed by atoms with Gasteiger partial charge in [0.05, 0.1) is 0 Å². The zero-order chi connectivity index (χ0) is 14.1. The van der Waals surface area contributed by atoms with E-state index in [-0.39, 0.29) is 77.2 Å². The molecule has 124 valence electrons. The van der Waals surface area contributed by atoms with Crippen LogP contribution in [-0.2, 0) is 52.4 Å². The summed E-state index contributed by atoms with van der Waals surface area (Å²) in [6, 6.07) is 0. The van der Waals surface area contributed by atoms with Crippen molar-refractivity contribution >= 4 is 93.1 Å². The van der Waals surface area contributed by atoms with Crippen LogP contribution in [0.15, 0.2) is 23.2 Å². The van der Waals surface area contributed by atoms with Crippen LogP contribution in [0.1, 0.15) is 0 Å². The number of rotatable bonds is 0. The van der Waals surface area contributed by atoms with Crippen LogP contribution in [0.5, 0.6) is 0 Å². The second-order valence-corrected chi connectivity index (χ2v) is 22.3. The molecule has 4 aromatic heterocycles. The zero-order valence-electron chi connectivity index (χ0n) is 11.6. The number of hydrogen-bond donors (Lipinski definition) is 0. The average Bonchev–Trinajstić information content (AvgIpc) is 3.40. The summed E-state index contributed by atoms with van der Waals surface area (Å²) in [5.41, 5.74) is 0. The first-order valence-corrected chi connectivity index (χ1v) is 22.6. The molecular formula is C8H8Cl2P12Zr2-2. The maximum absolute atomic E-state index is 3.07. The predicted molar refractivity (Wildman–Crippen MR) is 119 cm³/mol. The molecule has 0 spiro atoms. The molecule has 4 rings (SSSR count). The van der Waals surface area contributed by atoms with Gasteiger partial charge in [-0.05, 0) is 0 Å². The fraction of sp³-hybridized carbons (Fsp3) is 0. The molecule has 0 radical (unpaired) electrons. The molecule has 0 aliphatic rings. The van der Waals surface area contributed by atoms with E-state index in [9.17, 15) is 0 Å². The Hall–Kier alpha value is 4.91. The molecule has 24 heavy (non-hydrogen) atoms. The Morgan fingerprint density at radius 2 is 0.667 bits per heavy atom. The largest absolute Gasteiger partial charge is 2.00 e. The minimum absolute atomic E-state index is 0. The molecule has 0 nitrogen and oxygen atoms in total. The Morgan fingerprint density at radius 1 is 0.458 bits per heavy atom. The van der Waals surface area contributed by atoms with E-state index in [0.29, 0.717) is 0 Å². The third kappa shape index (κ3) is 29.1. The van der Waals surface area contributed by atoms with Gasteiger partial charge in [0.2, 0.25) is 0 Å². The molecule has 0 bridgehead atoms. The Balaban J connectivity index is -0.000000105. The topological polar surface area (TPSA) is 0 Å². The van der Waals surface area contributed by atoms with Gasteiger partial charge in [0.15, 0.2) is 0 Å². The van der Waals surface area contributed by atoms with Gasteiger partial charge in [-0.25, -0.2) is 23.2 Å². The molecule has 0 aromatic carbocycles. The smallest absolute Gasteiger partial charge is 1.00 e. The van der Waals surface area contributed by atoms with Crippen LogP contribution in [0.2, 0.25) is 0 Å². The average molecular weight is 729 g/mol. The van der Waals surface area contributed by atoms with E-state index in [0.717, 1.165) is 31.5 Å². The van der Waals surface area contributed by atoms with Crippen LogP contribution in [0.4, 0.5) is 0 Å². The van der Waals surface area contributed by atoms with Gasteiger partial charge in [0.1, 0.15) is 0 Å². The molecule has 16 heteroatoms. The quantitative estimate of drug-likeness (QED) is 0.230. The standard InChI is InChI=1S/4C2H2P3.2ClH.2Zr/c4*1-2-4-5-3-1;;;;/h4*1,3H;2*1H;;/q4*-1;;;2*+2/p-2. The maximum atomic E-state index is 3.07. The van der Waals surface area contributed by atoms with Gasteiger partial charge in [-0.3, -0.25) is 31.5 Å². The Bertz CT molecular complexity index is 370. The van der Waals surface area contributed by atoms with E-state index in [2.05, 4.69) is 46.4 Å². The van der Waals surface area contributed by atoms with Crippen molar-refractivity contribution in [3.8, 4) is 0 Å². The van der Waals surface area contributed by atoms with E-state index < -0.39 is 0 Å². The van der Waals surface area contributed by atoms with Crippen molar-refractivity contribution in [1.82, 2.24) is 0 Å². The molecule has 0 aliphatic heterocycles. The van der Waals surface area contributed by atoms with Crippen molar-refractivity contribution in [2.45, 2.75) is 0 Å². The van der Waals surface area contributed by atoms with Gasteiger partial charge in [-0.1, -0.05) is 30.2 Å². The minimum Gasteiger partial charge on any atom is -1.00 e. The van der Waals surface area contributed by atoms with E-state index in [1.165, 1.54) is 61.7 Å². The SMILES string of the molecule is [Cl-].[Cl-].[Zr+2].[Zr+2].[c-]1c[pH]pp1.[c-]1c[pH]pp1.[c-]1c[pH]pp1.[c-]1c[pH]pp1. The van der Waals surface area contributed by atoms with Crippen LogP contribution < -0.4 is 24.8 Å². The third-order valence-electron chi connectivity index (χ3n) is 1.18. The van der Waals surface area contributed by atoms with E-state index in [1.54, 1.807) is 0 Å². The van der Waals surface area contributed by atoms with Gasteiger partial charge in [0.25, 0.3) is 0 Å². The number of hydrogen-bond acceptors (Lipinski definition) is 0. The fourth-order valence-corrected chi connectivity index (χ4v) is 15.6. The van der Waals surface area contributed by atoms with Gasteiger partial charge in [0, 0.05) is 0 Å².